The van der Waals surface area contributed by atoms with E-state index in [0.717, 1.165) is 33.7 Å². The summed E-state index contributed by atoms with van der Waals surface area (Å²) in [7, 11) is 0. The number of carbonyl (C=O) groups excluding carboxylic acids is 1. The predicted octanol–water partition coefficient (Wildman–Crippen LogP) is 5.99. The van der Waals surface area contributed by atoms with Crippen LogP contribution in [0.15, 0.2) is 76.4 Å². The van der Waals surface area contributed by atoms with Crippen molar-refractivity contribution in [2.75, 3.05) is 5.32 Å². The van der Waals surface area contributed by atoms with Gasteiger partial charge in [0.15, 0.2) is 5.58 Å². The number of benzene rings is 3. The molecule has 1 heterocycles. The molecule has 0 aliphatic carbocycles. The van der Waals surface area contributed by atoms with Gasteiger partial charge in [-0.25, -0.2) is 4.98 Å². The van der Waals surface area contributed by atoms with Crippen LogP contribution in [0.4, 0.5) is 5.69 Å². The number of aryl methyl sites for hydroxylation is 2. The van der Waals surface area contributed by atoms with Crippen LogP contribution in [-0.2, 0) is 5.75 Å². The summed E-state index contributed by atoms with van der Waals surface area (Å²) in [6.07, 6.45) is 0. The van der Waals surface area contributed by atoms with Gasteiger partial charge in [0.2, 0.25) is 0 Å². The van der Waals surface area contributed by atoms with Crippen molar-refractivity contribution in [1.82, 2.24) is 4.98 Å². The van der Waals surface area contributed by atoms with Crippen molar-refractivity contribution < 1.29 is 9.21 Å². The summed E-state index contributed by atoms with van der Waals surface area (Å²) < 4.78 is 5.73. The lowest BCUT2D eigenvalue weighted by Crippen LogP contribution is -2.12. The molecular weight excluding hydrogens is 368 g/mol. The zero-order chi connectivity index (χ0) is 19.5. The number of hydrogen-bond donors (Lipinski definition) is 1. The number of oxazole rings is 1. The molecule has 0 fully saturated rings. The quantitative estimate of drug-likeness (QED) is 0.427. The fourth-order valence-electron chi connectivity index (χ4n) is 2.96. The number of fused-ring (bicyclic) bond motifs is 1. The van der Waals surface area contributed by atoms with Crippen molar-refractivity contribution in [3.05, 3.63) is 89.0 Å². The van der Waals surface area contributed by atoms with Gasteiger partial charge in [-0.2, -0.15) is 0 Å². The fraction of sp³-hybridized carbons (Fsp3) is 0.130. The summed E-state index contributed by atoms with van der Waals surface area (Å²) in [6, 6.07) is 21.3. The summed E-state index contributed by atoms with van der Waals surface area (Å²) in [5.41, 5.74) is 6.47. The monoisotopic (exact) mass is 388 g/mol. The minimum absolute atomic E-state index is 0.106. The molecule has 3 aromatic carbocycles. The molecule has 0 unspecified atom stereocenters. The molecule has 0 saturated carbocycles. The molecule has 4 nitrogen and oxygen atoms in total. The number of nitrogens with zero attached hydrogens (tertiary/aromatic N) is 1. The minimum atomic E-state index is -0.106. The lowest BCUT2D eigenvalue weighted by Gasteiger charge is -2.09. The van der Waals surface area contributed by atoms with E-state index in [2.05, 4.69) is 16.4 Å². The Morgan fingerprint density at radius 1 is 1.04 bits per heavy atom. The molecule has 140 valence electrons. The molecule has 1 N–H and O–H groups in total. The van der Waals surface area contributed by atoms with E-state index in [1.807, 2.05) is 74.5 Å². The number of para-hydroxylation sites is 2. The third kappa shape index (κ3) is 4.10. The SMILES string of the molecule is Cc1ccc(NC(=O)c2ccc(CSc3nc4ccccc4o3)cc2)c(C)c1. The molecule has 5 heteroatoms. The third-order valence-electron chi connectivity index (χ3n) is 4.48. The van der Waals surface area contributed by atoms with Crippen molar-refractivity contribution in [2.45, 2.75) is 24.8 Å². The average Bonchev–Trinajstić information content (AvgIpc) is 3.12. The van der Waals surface area contributed by atoms with E-state index in [1.165, 1.54) is 5.56 Å². The first-order valence-electron chi connectivity index (χ1n) is 9.04. The summed E-state index contributed by atoms with van der Waals surface area (Å²) in [4.78, 5) is 17.0. The molecule has 0 radical (unpaired) electrons. The van der Waals surface area contributed by atoms with Crippen LogP contribution in [0, 0.1) is 13.8 Å². The average molecular weight is 388 g/mol. The maximum absolute atomic E-state index is 12.5. The number of nitrogens with one attached hydrogen (secondary N) is 1. The number of aromatic nitrogens is 1. The van der Waals surface area contributed by atoms with Crippen molar-refractivity contribution in [2.24, 2.45) is 0 Å². The summed E-state index contributed by atoms with van der Waals surface area (Å²) >= 11 is 1.54. The van der Waals surface area contributed by atoms with Gasteiger partial charge in [-0.1, -0.05) is 53.7 Å². The van der Waals surface area contributed by atoms with Gasteiger partial charge >= 0.3 is 0 Å². The Hall–Kier alpha value is -3.05. The maximum Gasteiger partial charge on any atom is 0.257 e. The molecule has 0 aliphatic rings. The smallest absolute Gasteiger partial charge is 0.257 e. The molecule has 0 spiro atoms. The molecule has 0 aliphatic heterocycles. The number of hydrogen-bond acceptors (Lipinski definition) is 4. The summed E-state index contributed by atoms with van der Waals surface area (Å²) in [6.45, 7) is 4.03. The lowest BCUT2D eigenvalue weighted by molar-refractivity contribution is 0.102. The van der Waals surface area contributed by atoms with E-state index in [1.54, 1.807) is 11.8 Å². The maximum atomic E-state index is 12.5. The molecule has 0 saturated heterocycles. The van der Waals surface area contributed by atoms with Gasteiger partial charge in [-0.05, 0) is 55.3 Å². The third-order valence-corrected chi connectivity index (χ3v) is 5.38. The summed E-state index contributed by atoms with van der Waals surface area (Å²) in [5.74, 6) is 0.622. The number of rotatable bonds is 5. The Bertz CT molecular complexity index is 1100. The van der Waals surface area contributed by atoms with Gasteiger partial charge in [0.1, 0.15) is 5.52 Å². The Labute approximate surface area is 168 Å². The molecular formula is C23H20N2O2S. The van der Waals surface area contributed by atoms with Gasteiger partial charge in [0.05, 0.1) is 0 Å². The van der Waals surface area contributed by atoms with Crippen LogP contribution in [-0.4, -0.2) is 10.9 Å². The van der Waals surface area contributed by atoms with Gasteiger partial charge in [0, 0.05) is 17.0 Å². The second kappa shape index (κ2) is 7.90. The first-order valence-corrected chi connectivity index (χ1v) is 10.0. The van der Waals surface area contributed by atoms with Crippen LogP contribution >= 0.6 is 11.8 Å². The van der Waals surface area contributed by atoms with E-state index in [-0.39, 0.29) is 5.91 Å². The fourth-order valence-corrected chi connectivity index (χ4v) is 3.75. The first kappa shape index (κ1) is 18.3. The highest BCUT2D eigenvalue weighted by Crippen LogP contribution is 2.26. The van der Waals surface area contributed by atoms with E-state index in [4.69, 9.17) is 4.42 Å². The van der Waals surface area contributed by atoms with Crippen LogP contribution in [0.3, 0.4) is 0 Å². The highest BCUT2D eigenvalue weighted by Gasteiger charge is 2.09. The number of carbonyl (C=O) groups is 1. The Balaban J connectivity index is 1.39. The number of anilines is 1. The molecule has 0 bridgehead atoms. The standard InChI is InChI=1S/C23H20N2O2S/c1-15-7-12-19(16(2)13-15)24-22(26)18-10-8-17(9-11-18)14-28-23-25-20-5-3-4-6-21(20)27-23/h3-13H,14H2,1-2H3,(H,24,26). The predicted molar refractivity (Wildman–Crippen MR) is 114 cm³/mol. The highest BCUT2D eigenvalue weighted by atomic mass is 32.2. The summed E-state index contributed by atoms with van der Waals surface area (Å²) in [5, 5.41) is 3.63. The topological polar surface area (TPSA) is 55.1 Å². The zero-order valence-electron chi connectivity index (χ0n) is 15.7. The number of thioether (sulfide) groups is 1. The second-order valence-corrected chi connectivity index (χ2v) is 7.63. The van der Waals surface area contributed by atoms with Crippen LogP contribution < -0.4 is 5.32 Å². The minimum Gasteiger partial charge on any atom is -0.431 e. The van der Waals surface area contributed by atoms with Crippen molar-refractivity contribution in [1.29, 1.82) is 0 Å². The van der Waals surface area contributed by atoms with Crippen LogP contribution in [0.2, 0.25) is 0 Å². The molecule has 4 aromatic rings. The molecule has 28 heavy (non-hydrogen) atoms. The van der Waals surface area contributed by atoms with Gasteiger partial charge in [-0.3, -0.25) is 4.79 Å². The second-order valence-electron chi connectivity index (χ2n) is 6.71. The molecule has 0 atom stereocenters. The largest absolute Gasteiger partial charge is 0.431 e. The van der Waals surface area contributed by atoms with Crippen LogP contribution in [0.25, 0.3) is 11.1 Å². The zero-order valence-corrected chi connectivity index (χ0v) is 16.5. The van der Waals surface area contributed by atoms with Crippen LogP contribution in [0.1, 0.15) is 27.0 Å². The van der Waals surface area contributed by atoms with Gasteiger partial charge < -0.3 is 9.73 Å². The normalized spacial score (nSPS) is 10.9. The van der Waals surface area contributed by atoms with Crippen LogP contribution in [0.5, 0.6) is 0 Å². The number of amides is 1. The van der Waals surface area contributed by atoms with E-state index in [0.29, 0.717) is 10.8 Å². The van der Waals surface area contributed by atoms with Crippen molar-refractivity contribution in [3.8, 4) is 0 Å². The molecule has 4 rings (SSSR count). The molecule has 1 aromatic heterocycles. The van der Waals surface area contributed by atoms with Crippen molar-refractivity contribution >= 4 is 34.5 Å². The van der Waals surface area contributed by atoms with Gasteiger partial charge in [0.25, 0.3) is 11.1 Å². The Morgan fingerprint density at radius 3 is 2.57 bits per heavy atom. The highest BCUT2D eigenvalue weighted by molar-refractivity contribution is 7.98. The van der Waals surface area contributed by atoms with Crippen molar-refractivity contribution in [3.63, 3.8) is 0 Å². The van der Waals surface area contributed by atoms with E-state index in [9.17, 15) is 4.79 Å². The first-order chi connectivity index (χ1) is 13.6. The lowest BCUT2D eigenvalue weighted by atomic mass is 10.1. The molecule has 1 amide bonds. The Kier molecular flexibility index (Phi) is 5.17. The van der Waals surface area contributed by atoms with E-state index >= 15 is 0 Å². The van der Waals surface area contributed by atoms with E-state index < -0.39 is 0 Å². The Morgan fingerprint density at radius 2 is 1.82 bits per heavy atom. The van der Waals surface area contributed by atoms with Gasteiger partial charge in [-0.15, -0.1) is 0 Å².